The van der Waals surface area contributed by atoms with Gasteiger partial charge in [-0.2, -0.15) is 0 Å². The first kappa shape index (κ1) is 28.2. The van der Waals surface area contributed by atoms with Crippen molar-refractivity contribution in [3.05, 3.63) is 112 Å². The van der Waals surface area contributed by atoms with Crippen LogP contribution in [-0.2, 0) is 5.54 Å². The van der Waals surface area contributed by atoms with E-state index in [-0.39, 0.29) is 39.3 Å². The SMILES string of the molecule is CNC(=O)c1c(-c2ccc(F)cc2)oc2ccc(-c3cc(C(=O)NC4(c5cccc(C)c5)CC4)c(OC)cc3C)c(F)c12. The number of carbonyl (C=O) groups is 2. The van der Waals surface area contributed by atoms with Gasteiger partial charge in [-0.3, -0.25) is 9.59 Å². The first-order valence-electron chi connectivity index (χ1n) is 14.0. The molecule has 1 aliphatic rings. The third-order valence-electron chi connectivity index (χ3n) is 8.11. The van der Waals surface area contributed by atoms with Crippen molar-refractivity contribution in [3.63, 3.8) is 0 Å². The molecule has 0 bridgehead atoms. The van der Waals surface area contributed by atoms with Crippen LogP contribution in [0.3, 0.4) is 0 Å². The summed E-state index contributed by atoms with van der Waals surface area (Å²) in [6.45, 7) is 3.82. The number of halogens is 2. The minimum atomic E-state index is -0.675. The summed E-state index contributed by atoms with van der Waals surface area (Å²) in [5.41, 5.74) is 3.90. The lowest BCUT2D eigenvalue weighted by molar-refractivity contribution is 0.0926. The number of rotatable bonds is 7. The number of furan rings is 1. The van der Waals surface area contributed by atoms with E-state index in [2.05, 4.69) is 16.7 Å². The Morgan fingerprint density at radius 3 is 2.30 bits per heavy atom. The van der Waals surface area contributed by atoms with Gasteiger partial charge in [0.05, 0.1) is 29.2 Å². The Morgan fingerprint density at radius 2 is 1.65 bits per heavy atom. The van der Waals surface area contributed by atoms with Gasteiger partial charge in [0.25, 0.3) is 11.8 Å². The van der Waals surface area contributed by atoms with Gasteiger partial charge in [0.1, 0.15) is 28.7 Å². The quantitative estimate of drug-likeness (QED) is 0.210. The van der Waals surface area contributed by atoms with Crippen LogP contribution in [-0.4, -0.2) is 26.0 Å². The lowest BCUT2D eigenvalue weighted by Crippen LogP contribution is -2.35. The smallest absolute Gasteiger partial charge is 0.255 e. The second-order valence-corrected chi connectivity index (χ2v) is 11.0. The molecule has 1 aliphatic carbocycles. The Labute approximate surface area is 247 Å². The van der Waals surface area contributed by atoms with Gasteiger partial charge < -0.3 is 19.8 Å². The largest absolute Gasteiger partial charge is 0.496 e. The Kier molecular flexibility index (Phi) is 7.00. The molecule has 2 N–H and O–H groups in total. The van der Waals surface area contributed by atoms with Crippen molar-refractivity contribution in [2.75, 3.05) is 14.2 Å². The standard InChI is InChI=1S/C35H30F2N2O4/c1-19-6-5-7-22(16-19)35(14-15-35)39-33(40)26-18-25(20(2)17-28(26)42-4)24-12-13-27-29(31(24)37)30(34(41)38-3)32(43-27)21-8-10-23(36)11-9-21/h5-13,16-18H,14-15H2,1-4H3,(H,38,41)(H,39,40). The number of fused-ring (bicyclic) bond motifs is 1. The lowest BCUT2D eigenvalue weighted by atomic mass is 9.94. The van der Waals surface area contributed by atoms with E-state index in [4.69, 9.17) is 9.15 Å². The number of ether oxygens (including phenoxy) is 1. The molecule has 218 valence electrons. The number of aryl methyl sites for hydroxylation is 2. The van der Waals surface area contributed by atoms with Crippen LogP contribution in [0.5, 0.6) is 5.75 Å². The molecule has 1 fully saturated rings. The Hall–Kier alpha value is -4.98. The van der Waals surface area contributed by atoms with Crippen LogP contribution in [0.15, 0.2) is 77.2 Å². The highest BCUT2D eigenvalue weighted by Gasteiger charge is 2.46. The highest BCUT2D eigenvalue weighted by molar-refractivity contribution is 6.12. The molecule has 6 nitrogen and oxygen atoms in total. The molecule has 1 aromatic heterocycles. The highest BCUT2D eigenvalue weighted by atomic mass is 19.1. The van der Waals surface area contributed by atoms with Gasteiger partial charge in [-0.15, -0.1) is 0 Å². The average molecular weight is 581 g/mol. The van der Waals surface area contributed by atoms with Gasteiger partial charge in [-0.25, -0.2) is 8.78 Å². The van der Waals surface area contributed by atoms with Crippen molar-refractivity contribution < 1.29 is 27.5 Å². The van der Waals surface area contributed by atoms with Crippen molar-refractivity contribution in [2.45, 2.75) is 32.2 Å². The second-order valence-electron chi connectivity index (χ2n) is 11.0. The van der Waals surface area contributed by atoms with Gasteiger partial charge in [0, 0.05) is 18.2 Å². The van der Waals surface area contributed by atoms with E-state index in [1.54, 1.807) is 31.2 Å². The topological polar surface area (TPSA) is 80.6 Å². The average Bonchev–Trinajstić information content (AvgIpc) is 3.68. The first-order valence-corrected chi connectivity index (χ1v) is 14.0. The number of carbonyl (C=O) groups excluding carboxylic acids is 2. The Morgan fingerprint density at radius 1 is 0.907 bits per heavy atom. The van der Waals surface area contributed by atoms with Crippen molar-refractivity contribution >= 4 is 22.8 Å². The Bertz CT molecular complexity index is 1910. The fourth-order valence-corrected chi connectivity index (χ4v) is 5.66. The van der Waals surface area contributed by atoms with Gasteiger partial charge in [0.15, 0.2) is 0 Å². The molecular formula is C35H30F2N2O4. The molecule has 0 aliphatic heterocycles. The minimum absolute atomic E-state index is 0.00131. The monoisotopic (exact) mass is 580 g/mol. The lowest BCUT2D eigenvalue weighted by Gasteiger charge is -2.20. The van der Waals surface area contributed by atoms with E-state index < -0.39 is 23.1 Å². The zero-order valence-corrected chi connectivity index (χ0v) is 24.2. The predicted molar refractivity (Wildman–Crippen MR) is 161 cm³/mol. The zero-order chi connectivity index (χ0) is 30.5. The maximum Gasteiger partial charge on any atom is 0.255 e. The molecule has 43 heavy (non-hydrogen) atoms. The van der Waals surface area contributed by atoms with Crippen molar-refractivity contribution in [3.8, 4) is 28.2 Å². The number of benzene rings is 4. The number of amides is 2. The molecule has 1 saturated carbocycles. The summed E-state index contributed by atoms with van der Waals surface area (Å²) >= 11 is 0. The minimum Gasteiger partial charge on any atom is -0.496 e. The van der Waals surface area contributed by atoms with Crippen molar-refractivity contribution in [2.24, 2.45) is 0 Å². The molecule has 0 radical (unpaired) electrons. The second kappa shape index (κ2) is 10.7. The summed E-state index contributed by atoms with van der Waals surface area (Å²) in [4.78, 5) is 26.8. The predicted octanol–water partition coefficient (Wildman–Crippen LogP) is 7.45. The summed E-state index contributed by atoms with van der Waals surface area (Å²) < 4.78 is 41.6. The zero-order valence-electron chi connectivity index (χ0n) is 24.2. The summed E-state index contributed by atoms with van der Waals surface area (Å²) in [5.74, 6) is -1.50. The van der Waals surface area contributed by atoms with Crippen LogP contribution in [0.1, 0.15) is 50.2 Å². The number of methoxy groups -OCH3 is 1. The van der Waals surface area contributed by atoms with Gasteiger partial charge in [-0.05, 0) is 91.9 Å². The third-order valence-corrected chi connectivity index (χ3v) is 8.11. The fraction of sp³-hybridized carbons (Fsp3) is 0.200. The molecule has 6 rings (SSSR count). The van der Waals surface area contributed by atoms with Gasteiger partial charge in [0.2, 0.25) is 0 Å². The number of hydrogen-bond acceptors (Lipinski definition) is 4. The van der Waals surface area contributed by atoms with E-state index in [1.807, 2.05) is 25.1 Å². The molecule has 1 heterocycles. The molecule has 2 amide bonds. The maximum absolute atomic E-state index is 16.5. The number of hydrogen-bond donors (Lipinski definition) is 2. The summed E-state index contributed by atoms with van der Waals surface area (Å²) in [6.07, 6.45) is 1.63. The maximum atomic E-state index is 16.5. The van der Waals surface area contributed by atoms with E-state index in [9.17, 15) is 14.0 Å². The molecule has 4 aromatic carbocycles. The molecule has 5 aromatic rings. The van der Waals surface area contributed by atoms with Crippen LogP contribution in [0.25, 0.3) is 33.4 Å². The van der Waals surface area contributed by atoms with Crippen LogP contribution >= 0.6 is 0 Å². The molecule has 0 atom stereocenters. The van der Waals surface area contributed by atoms with Crippen LogP contribution in [0.2, 0.25) is 0 Å². The molecular weight excluding hydrogens is 550 g/mol. The molecule has 0 spiro atoms. The first-order chi connectivity index (χ1) is 20.7. The van der Waals surface area contributed by atoms with E-state index >= 15 is 4.39 Å². The van der Waals surface area contributed by atoms with Crippen LogP contribution < -0.4 is 15.4 Å². The molecule has 0 saturated heterocycles. The van der Waals surface area contributed by atoms with Crippen LogP contribution in [0.4, 0.5) is 8.78 Å². The summed E-state index contributed by atoms with van der Waals surface area (Å²) in [5, 5.41) is 5.74. The summed E-state index contributed by atoms with van der Waals surface area (Å²) in [6, 6.07) is 20.0. The summed E-state index contributed by atoms with van der Waals surface area (Å²) in [7, 11) is 2.93. The van der Waals surface area contributed by atoms with Crippen molar-refractivity contribution in [1.82, 2.24) is 10.6 Å². The molecule has 8 heteroatoms. The van der Waals surface area contributed by atoms with Gasteiger partial charge in [-0.1, -0.05) is 29.8 Å². The number of nitrogens with one attached hydrogen (secondary N) is 2. The van der Waals surface area contributed by atoms with Crippen molar-refractivity contribution in [1.29, 1.82) is 0 Å². The van der Waals surface area contributed by atoms with E-state index in [1.165, 1.54) is 38.4 Å². The third kappa shape index (κ3) is 4.92. The fourth-order valence-electron chi connectivity index (χ4n) is 5.66. The van der Waals surface area contributed by atoms with Crippen LogP contribution in [0, 0.1) is 25.5 Å². The highest BCUT2D eigenvalue weighted by Crippen LogP contribution is 2.46. The normalized spacial score (nSPS) is 13.5. The molecule has 0 unspecified atom stereocenters. The van der Waals surface area contributed by atoms with E-state index in [0.717, 1.165) is 24.0 Å². The Balaban J connectivity index is 1.46. The van der Waals surface area contributed by atoms with E-state index in [0.29, 0.717) is 22.4 Å². The van der Waals surface area contributed by atoms with Gasteiger partial charge >= 0.3 is 0 Å².